The molecule has 11 heteroatoms. The Balaban J connectivity index is 1.32. The van der Waals surface area contributed by atoms with E-state index < -0.39 is 30.5 Å². The second kappa shape index (κ2) is 8.37. The molecule has 1 aromatic carbocycles. The summed E-state index contributed by atoms with van der Waals surface area (Å²) in [7, 11) is 0. The van der Waals surface area contributed by atoms with Crippen LogP contribution in [0, 0.1) is 13.8 Å². The normalized spacial score (nSPS) is 21.4. The molecule has 0 unspecified atom stereocenters. The number of anilines is 1. The van der Waals surface area contributed by atoms with Gasteiger partial charge in [0, 0.05) is 49.2 Å². The number of aryl methyl sites for hydroxylation is 1. The topological polar surface area (TPSA) is 78.2 Å². The minimum absolute atomic E-state index is 0.0271. The summed E-state index contributed by atoms with van der Waals surface area (Å²) in [6, 6.07) is 4.92. The van der Waals surface area contributed by atoms with Gasteiger partial charge in [-0.1, -0.05) is 0 Å². The highest BCUT2D eigenvalue weighted by atomic mass is 19.4. The Hall–Kier alpha value is -3.50. The van der Waals surface area contributed by atoms with E-state index in [0.717, 1.165) is 4.52 Å². The molecule has 34 heavy (non-hydrogen) atoms. The number of hydrogen-bond donors (Lipinski definition) is 0. The first-order valence-corrected chi connectivity index (χ1v) is 10.6. The Morgan fingerprint density at radius 3 is 2.50 bits per heavy atom. The third-order valence-corrected chi connectivity index (χ3v) is 5.94. The molecule has 0 aliphatic carbocycles. The third kappa shape index (κ3) is 4.10. The van der Waals surface area contributed by atoms with E-state index >= 15 is 0 Å². The number of ether oxygens (including phenoxy) is 3. The molecule has 2 aliphatic rings. The lowest BCUT2D eigenvalue weighted by molar-refractivity contribution is -0.141. The Morgan fingerprint density at radius 2 is 1.79 bits per heavy atom. The highest BCUT2D eigenvalue weighted by molar-refractivity contribution is 5.59. The van der Waals surface area contributed by atoms with Gasteiger partial charge in [-0.3, -0.25) is 4.79 Å². The molecule has 180 valence electrons. The number of benzene rings is 1. The van der Waals surface area contributed by atoms with Crippen LogP contribution in [0.1, 0.15) is 35.1 Å². The summed E-state index contributed by atoms with van der Waals surface area (Å²) < 4.78 is 87.4. The number of halogens is 3. The molecule has 5 rings (SSSR count). The van der Waals surface area contributed by atoms with Crippen molar-refractivity contribution in [3.8, 4) is 17.2 Å². The van der Waals surface area contributed by atoms with E-state index in [9.17, 15) is 18.0 Å². The zero-order chi connectivity index (χ0) is 27.6. The van der Waals surface area contributed by atoms with Crippen LogP contribution in [-0.2, 0) is 6.18 Å². The molecule has 0 atom stereocenters. The van der Waals surface area contributed by atoms with Crippen LogP contribution in [0.5, 0.6) is 17.2 Å². The fourth-order valence-electron chi connectivity index (χ4n) is 4.02. The van der Waals surface area contributed by atoms with Gasteiger partial charge >= 0.3 is 6.18 Å². The van der Waals surface area contributed by atoms with Crippen molar-refractivity contribution in [2.45, 2.75) is 39.0 Å². The van der Waals surface area contributed by atoms with Crippen molar-refractivity contribution >= 4 is 11.5 Å². The van der Waals surface area contributed by atoms with Crippen molar-refractivity contribution in [3.05, 3.63) is 51.4 Å². The first-order chi connectivity index (χ1) is 17.7. The van der Waals surface area contributed by atoms with Gasteiger partial charge < -0.3 is 19.1 Å². The summed E-state index contributed by atoms with van der Waals surface area (Å²) in [5, 5.41) is 4.33. The fraction of sp³-hybridized carbons (Fsp3) is 0.435. The van der Waals surface area contributed by atoms with Crippen LogP contribution in [0.25, 0.3) is 5.65 Å². The van der Waals surface area contributed by atoms with Crippen LogP contribution in [0.3, 0.4) is 0 Å². The quantitative estimate of drug-likeness (QED) is 0.568. The molecule has 2 aliphatic heterocycles. The molecule has 4 heterocycles. The van der Waals surface area contributed by atoms with E-state index in [4.69, 9.17) is 19.7 Å². The number of fused-ring (bicyclic) bond motifs is 2. The Morgan fingerprint density at radius 1 is 1.09 bits per heavy atom. The van der Waals surface area contributed by atoms with E-state index in [2.05, 4.69) is 10.1 Å². The number of nitrogens with zero attached hydrogens (tertiary/aromatic N) is 4. The fourth-order valence-corrected chi connectivity index (χ4v) is 4.02. The summed E-state index contributed by atoms with van der Waals surface area (Å²) in [5.74, 6) is 0.970. The van der Waals surface area contributed by atoms with Gasteiger partial charge in [-0.25, -0.2) is 4.98 Å². The molecule has 0 saturated carbocycles. The van der Waals surface area contributed by atoms with Gasteiger partial charge in [0.05, 0.1) is 5.48 Å². The van der Waals surface area contributed by atoms with Crippen molar-refractivity contribution in [2.24, 2.45) is 0 Å². The molecular weight excluding hydrogens is 453 g/mol. The third-order valence-electron chi connectivity index (χ3n) is 5.94. The van der Waals surface area contributed by atoms with Crippen LogP contribution < -0.4 is 24.7 Å². The highest BCUT2D eigenvalue weighted by Gasteiger charge is 2.34. The summed E-state index contributed by atoms with van der Waals surface area (Å²) in [5.41, 5.74) is -1.26. The average Bonchev–Trinajstić information content (AvgIpc) is 2.82. The molecule has 0 spiro atoms. The zero-order valence-corrected chi connectivity index (χ0v) is 18.3. The molecule has 0 amide bonds. The lowest BCUT2D eigenvalue weighted by atomic mass is 10.1. The summed E-state index contributed by atoms with van der Waals surface area (Å²) >= 11 is 0. The van der Waals surface area contributed by atoms with E-state index in [1.54, 1.807) is 19.9 Å². The summed E-state index contributed by atoms with van der Waals surface area (Å²) in [6.45, 7) is -1.00. The van der Waals surface area contributed by atoms with E-state index in [0.29, 0.717) is 54.7 Å². The first kappa shape index (κ1) is 17.9. The van der Waals surface area contributed by atoms with Crippen molar-refractivity contribution in [1.29, 1.82) is 0 Å². The molecule has 0 radical (unpaired) electrons. The second-order valence-electron chi connectivity index (χ2n) is 8.11. The van der Waals surface area contributed by atoms with Crippen LogP contribution in [0.2, 0.25) is 0 Å². The summed E-state index contributed by atoms with van der Waals surface area (Å²) in [6.07, 6.45) is -3.82. The predicted molar refractivity (Wildman–Crippen MR) is 117 cm³/mol. The van der Waals surface area contributed by atoms with Gasteiger partial charge in [0.25, 0.3) is 5.56 Å². The Kier molecular flexibility index (Phi) is 4.41. The minimum atomic E-state index is -4.74. The van der Waals surface area contributed by atoms with E-state index in [-0.39, 0.29) is 23.3 Å². The van der Waals surface area contributed by atoms with Crippen molar-refractivity contribution in [3.63, 3.8) is 0 Å². The molecule has 8 nitrogen and oxygen atoms in total. The van der Waals surface area contributed by atoms with Gasteiger partial charge in [0.1, 0.15) is 25.0 Å². The smallest absolute Gasteiger partial charge is 0.433 e. The van der Waals surface area contributed by atoms with Crippen LogP contribution in [0.4, 0.5) is 19.0 Å². The first-order valence-electron chi connectivity index (χ1n) is 12.6. The van der Waals surface area contributed by atoms with Crippen LogP contribution >= 0.6 is 0 Å². The highest BCUT2D eigenvalue weighted by Crippen LogP contribution is 2.35. The maximum absolute atomic E-state index is 13.1. The average molecular weight is 480 g/mol. The molecular formula is C23H23F3N4O4. The maximum atomic E-state index is 13.1. The second-order valence-corrected chi connectivity index (χ2v) is 8.11. The maximum Gasteiger partial charge on any atom is 0.433 e. The number of alkyl halides is 3. The lowest BCUT2D eigenvalue weighted by Gasteiger charge is -2.34. The Bertz CT molecular complexity index is 1470. The van der Waals surface area contributed by atoms with Gasteiger partial charge in [-0.05, 0) is 26.0 Å². The SMILES string of the molecule is [2H]C1([2H])Oc2ccc(OC3CCN(c4nn5c(=O)cc(C(F)(F)F)nc5c(C)c4C)CC3)cc2OC1([2H])[2H]. The largest absolute Gasteiger partial charge is 0.490 e. The van der Waals surface area contributed by atoms with E-state index in [1.165, 1.54) is 12.1 Å². The minimum Gasteiger partial charge on any atom is -0.490 e. The predicted octanol–water partition coefficient (Wildman–Crippen LogP) is 3.54. The van der Waals surface area contributed by atoms with Gasteiger partial charge in [0.2, 0.25) is 0 Å². The van der Waals surface area contributed by atoms with Crippen LogP contribution in [-0.4, -0.2) is 46.9 Å². The van der Waals surface area contributed by atoms with Crippen molar-refractivity contribution < 1.29 is 32.9 Å². The molecule has 0 bridgehead atoms. The van der Waals surface area contributed by atoms with Crippen molar-refractivity contribution in [1.82, 2.24) is 14.6 Å². The number of rotatable bonds is 3. The molecule has 2 aromatic heterocycles. The zero-order valence-electron chi connectivity index (χ0n) is 22.3. The van der Waals surface area contributed by atoms with E-state index in [1.807, 2.05) is 4.90 Å². The number of hydrogen-bond acceptors (Lipinski definition) is 7. The monoisotopic (exact) mass is 480 g/mol. The van der Waals surface area contributed by atoms with Crippen LogP contribution in [0.15, 0.2) is 29.1 Å². The van der Waals surface area contributed by atoms with Crippen molar-refractivity contribution in [2.75, 3.05) is 31.1 Å². The van der Waals surface area contributed by atoms with Gasteiger partial charge in [0.15, 0.2) is 28.7 Å². The lowest BCUT2D eigenvalue weighted by Crippen LogP contribution is -2.40. The summed E-state index contributed by atoms with van der Waals surface area (Å²) in [4.78, 5) is 18.0. The van der Waals surface area contributed by atoms with Gasteiger partial charge in [-0.15, -0.1) is 5.10 Å². The molecule has 1 fully saturated rings. The number of piperidine rings is 1. The standard InChI is InChI=1S/C23H23F3N4O4/c1-13-14(2)22(28-30-20(31)12-19(23(24,25)26)27-21(13)30)29-7-5-15(6-8-29)34-16-3-4-17-18(11-16)33-10-9-32-17/h3-4,11-12,15H,5-10H2,1-2H3/i9D2,10D2. The number of aromatic nitrogens is 3. The molecule has 1 saturated heterocycles. The molecule has 0 N–H and O–H groups in total. The molecule has 3 aromatic rings. The van der Waals surface area contributed by atoms with Gasteiger partial charge in [-0.2, -0.15) is 17.7 Å². The Labute approximate surface area is 198 Å².